The molecule has 10 nitrogen and oxygen atoms in total. The summed E-state index contributed by atoms with van der Waals surface area (Å²) in [7, 11) is 0. The van der Waals surface area contributed by atoms with Gasteiger partial charge in [-0.25, -0.2) is 4.79 Å². The molecule has 1 saturated heterocycles. The van der Waals surface area contributed by atoms with Gasteiger partial charge in [0.25, 0.3) is 0 Å². The van der Waals surface area contributed by atoms with Gasteiger partial charge < -0.3 is 39.1 Å². The third-order valence-corrected chi connectivity index (χ3v) is 9.01. The molecule has 1 aliphatic heterocycles. The Morgan fingerprint density at radius 2 is 1.26 bits per heavy atom. The highest BCUT2D eigenvalue weighted by molar-refractivity contribution is 5.80. The molecule has 0 amide bonds. The van der Waals surface area contributed by atoms with E-state index in [2.05, 4.69) is 6.92 Å². The highest BCUT2D eigenvalue weighted by Crippen LogP contribution is 2.34. The summed E-state index contributed by atoms with van der Waals surface area (Å²) in [5.41, 5.74) is -0.445. The lowest BCUT2D eigenvalue weighted by atomic mass is 9.99. The number of hydrogen-bond acceptors (Lipinski definition) is 10. The molecule has 2 heterocycles. The fourth-order valence-electron chi connectivity index (χ4n) is 6.05. The first-order valence-corrected chi connectivity index (χ1v) is 18.1. The molecule has 0 radical (unpaired) electrons. The standard InChI is InChI=1S/C37H58O10/c1-2-3-4-5-6-7-8-9-10-11-12-13-14-15-16-17-18-19-20-21-32(39)44-26-31-34(41)35(42)36(43)37(47-31)46-30-24-27-22-23-33(40)45-29(27)25-28(30)38/h22-25,31,34-38,41-43H,2-21,26H2,1H3/t31-,34-,35+,36-,37+/m1/s1. The summed E-state index contributed by atoms with van der Waals surface area (Å²) in [5, 5.41) is 42.0. The lowest BCUT2D eigenvalue weighted by Gasteiger charge is -2.39. The number of benzene rings is 1. The van der Waals surface area contributed by atoms with Crippen LogP contribution in [0, 0.1) is 0 Å². The Balaban J connectivity index is 1.21. The largest absolute Gasteiger partial charge is 0.504 e. The molecule has 0 spiro atoms. The first-order chi connectivity index (χ1) is 22.8. The molecule has 1 aromatic heterocycles. The van der Waals surface area contributed by atoms with Crippen molar-refractivity contribution in [3.8, 4) is 11.5 Å². The van der Waals surface area contributed by atoms with Gasteiger partial charge in [0.2, 0.25) is 6.29 Å². The second-order valence-corrected chi connectivity index (χ2v) is 13.0. The first-order valence-electron chi connectivity index (χ1n) is 18.1. The molecule has 266 valence electrons. The van der Waals surface area contributed by atoms with E-state index in [1.165, 1.54) is 121 Å². The van der Waals surface area contributed by atoms with E-state index >= 15 is 0 Å². The number of rotatable bonds is 24. The summed E-state index contributed by atoms with van der Waals surface area (Å²) in [4.78, 5) is 23.8. The van der Waals surface area contributed by atoms with E-state index in [0.29, 0.717) is 11.8 Å². The minimum atomic E-state index is -1.65. The van der Waals surface area contributed by atoms with Crippen LogP contribution >= 0.6 is 0 Å². The van der Waals surface area contributed by atoms with Crippen molar-refractivity contribution in [1.29, 1.82) is 0 Å². The zero-order valence-electron chi connectivity index (χ0n) is 28.3. The van der Waals surface area contributed by atoms with Crippen molar-refractivity contribution in [3.05, 3.63) is 34.7 Å². The molecule has 1 aliphatic rings. The Morgan fingerprint density at radius 1 is 0.723 bits per heavy atom. The molecule has 10 heteroatoms. The summed E-state index contributed by atoms with van der Waals surface area (Å²) in [6.45, 7) is 1.93. The van der Waals surface area contributed by atoms with Crippen LogP contribution in [0.3, 0.4) is 0 Å². The maximum atomic E-state index is 12.3. The number of aromatic hydroxyl groups is 1. The second kappa shape index (κ2) is 22.1. The molecule has 1 aromatic carbocycles. The third-order valence-electron chi connectivity index (χ3n) is 9.01. The number of unbranched alkanes of at least 4 members (excludes halogenated alkanes) is 18. The number of hydrogen-bond donors (Lipinski definition) is 4. The van der Waals surface area contributed by atoms with E-state index in [-0.39, 0.29) is 30.1 Å². The Labute approximate surface area is 279 Å². The zero-order valence-corrected chi connectivity index (χ0v) is 28.3. The van der Waals surface area contributed by atoms with E-state index in [1.54, 1.807) is 0 Å². The van der Waals surface area contributed by atoms with Crippen LogP contribution in [0.15, 0.2) is 33.5 Å². The second-order valence-electron chi connectivity index (χ2n) is 13.0. The van der Waals surface area contributed by atoms with Crippen molar-refractivity contribution in [2.45, 2.75) is 166 Å². The number of fused-ring (bicyclic) bond motifs is 1. The maximum Gasteiger partial charge on any atom is 0.336 e. The number of aliphatic hydroxyl groups excluding tert-OH is 3. The summed E-state index contributed by atoms with van der Waals surface area (Å²) >= 11 is 0. The van der Waals surface area contributed by atoms with Gasteiger partial charge in [0.1, 0.15) is 36.6 Å². The van der Waals surface area contributed by atoms with Crippen molar-refractivity contribution >= 4 is 16.9 Å². The van der Waals surface area contributed by atoms with Crippen molar-refractivity contribution in [2.24, 2.45) is 0 Å². The maximum absolute atomic E-state index is 12.3. The van der Waals surface area contributed by atoms with E-state index in [4.69, 9.17) is 18.6 Å². The van der Waals surface area contributed by atoms with Crippen molar-refractivity contribution in [1.82, 2.24) is 0 Å². The van der Waals surface area contributed by atoms with E-state index in [0.717, 1.165) is 19.3 Å². The Morgan fingerprint density at radius 3 is 1.81 bits per heavy atom. The third kappa shape index (κ3) is 14.2. The fraction of sp³-hybridized carbons (Fsp3) is 0.730. The highest BCUT2D eigenvalue weighted by atomic mass is 16.7. The van der Waals surface area contributed by atoms with Gasteiger partial charge in [0.05, 0.1) is 0 Å². The average molecular weight is 663 g/mol. The lowest BCUT2D eigenvalue weighted by molar-refractivity contribution is -0.278. The van der Waals surface area contributed by atoms with Gasteiger partial charge >= 0.3 is 11.6 Å². The Kier molecular flexibility index (Phi) is 18.2. The van der Waals surface area contributed by atoms with Crippen LogP contribution in [-0.4, -0.2) is 63.7 Å². The van der Waals surface area contributed by atoms with Crippen LogP contribution in [0.4, 0.5) is 0 Å². The van der Waals surface area contributed by atoms with Gasteiger partial charge in [-0.05, 0) is 18.6 Å². The smallest absolute Gasteiger partial charge is 0.336 e. The molecular weight excluding hydrogens is 604 g/mol. The van der Waals surface area contributed by atoms with Crippen molar-refractivity contribution in [3.63, 3.8) is 0 Å². The number of carbonyl (C=O) groups is 1. The Bertz CT molecular complexity index is 1210. The van der Waals surface area contributed by atoms with Gasteiger partial charge in [0.15, 0.2) is 11.5 Å². The summed E-state index contributed by atoms with van der Waals surface area (Å²) < 4.78 is 21.6. The van der Waals surface area contributed by atoms with E-state index < -0.39 is 42.3 Å². The average Bonchev–Trinajstić information content (AvgIpc) is 3.05. The number of aliphatic hydroxyl groups is 3. The van der Waals surface area contributed by atoms with Crippen LogP contribution in [0.1, 0.15) is 135 Å². The van der Waals surface area contributed by atoms with Gasteiger partial charge in [0, 0.05) is 23.9 Å². The van der Waals surface area contributed by atoms with Gasteiger partial charge in [-0.1, -0.05) is 122 Å². The van der Waals surface area contributed by atoms with Gasteiger partial charge in [-0.2, -0.15) is 0 Å². The van der Waals surface area contributed by atoms with Crippen LogP contribution < -0.4 is 10.4 Å². The van der Waals surface area contributed by atoms with Gasteiger partial charge in [-0.3, -0.25) is 4.79 Å². The summed E-state index contributed by atoms with van der Waals surface area (Å²) in [6, 6.07) is 5.26. The molecule has 3 rings (SSSR count). The highest BCUT2D eigenvalue weighted by Gasteiger charge is 2.45. The zero-order chi connectivity index (χ0) is 33.9. The molecule has 1 fully saturated rings. The van der Waals surface area contributed by atoms with Gasteiger partial charge in [-0.15, -0.1) is 0 Å². The molecule has 5 atom stereocenters. The summed E-state index contributed by atoms with van der Waals surface area (Å²) in [5.74, 6) is -0.913. The number of ether oxygens (including phenoxy) is 3. The SMILES string of the molecule is CCCCCCCCCCCCCCCCCCCCCC(=O)OC[C@H]1O[C@H](Oc2cc3ccc(=O)oc3cc2O)[C@H](O)[C@@H](O)[C@@H]1O. The first kappa shape index (κ1) is 38.8. The summed E-state index contributed by atoms with van der Waals surface area (Å²) in [6.07, 6.45) is 17.1. The topological polar surface area (TPSA) is 156 Å². The quantitative estimate of drug-likeness (QED) is 0.0522. The minimum Gasteiger partial charge on any atom is -0.504 e. The monoisotopic (exact) mass is 662 g/mol. The minimum absolute atomic E-state index is 0.0981. The molecule has 0 aliphatic carbocycles. The number of phenolic OH excluding ortho intramolecular Hbond substituents is 1. The normalized spacial score (nSPS) is 21.2. The van der Waals surface area contributed by atoms with Crippen LogP contribution in [-0.2, 0) is 14.3 Å². The molecule has 47 heavy (non-hydrogen) atoms. The molecule has 0 saturated carbocycles. The van der Waals surface area contributed by atoms with Crippen LogP contribution in [0.5, 0.6) is 11.5 Å². The van der Waals surface area contributed by atoms with Crippen molar-refractivity contribution in [2.75, 3.05) is 6.61 Å². The Hall–Kier alpha value is -2.66. The fourth-order valence-corrected chi connectivity index (χ4v) is 6.05. The number of phenols is 1. The van der Waals surface area contributed by atoms with E-state index in [9.17, 15) is 30.0 Å². The molecule has 0 unspecified atom stereocenters. The molecule has 0 bridgehead atoms. The molecule has 2 aromatic rings. The number of esters is 1. The van der Waals surface area contributed by atoms with Crippen molar-refractivity contribution < 1.29 is 43.8 Å². The van der Waals surface area contributed by atoms with Crippen LogP contribution in [0.2, 0.25) is 0 Å². The number of carbonyl (C=O) groups excluding carboxylic acids is 1. The predicted molar refractivity (Wildman–Crippen MR) is 180 cm³/mol. The van der Waals surface area contributed by atoms with Crippen LogP contribution in [0.25, 0.3) is 11.0 Å². The molecule has 4 N–H and O–H groups in total. The lowest BCUT2D eigenvalue weighted by Crippen LogP contribution is -2.60. The molecular formula is C37H58O10. The predicted octanol–water partition coefficient (Wildman–Crippen LogP) is 7.05. The van der Waals surface area contributed by atoms with E-state index in [1.807, 2.05) is 0 Å².